The molecule has 1 saturated heterocycles. The van der Waals surface area contributed by atoms with Crippen LogP contribution in [0, 0.1) is 5.92 Å². The molecule has 8 nitrogen and oxygen atoms in total. The van der Waals surface area contributed by atoms with Crippen LogP contribution in [-0.2, 0) is 9.59 Å². The first-order chi connectivity index (χ1) is 13.1. The molecule has 0 spiro atoms. The van der Waals surface area contributed by atoms with Crippen molar-refractivity contribution in [2.45, 2.75) is 17.7 Å². The summed E-state index contributed by atoms with van der Waals surface area (Å²) in [5.41, 5.74) is 0.706. The standard InChI is InChI=1S/C17H18N4O4S2/c1-2-26-17-20-19-16(27-17)18-15(23)10-7-14(22)21(9-10)11-3-4-12-13(8-11)25-6-5-24-12/h3-4,8,10H,2,5-7,9H2,1H3,(H,18,19,23). The van der Waals surface area contributed by atoms with Gasteiger partial charge in [-0.15, -0.1) is 10.2 Å². The number of fused-ring (bicyclic) bond motifs is 1. The number of rotatable bonds is 5. The number of aromatic nitrogens is 2. The fourth-order valence-corrected chi connectivity index (χ4v) is 4.63. The highest BCUT2D eigenvalue weighted by Gasteiger charge is 2.36. The van der Waals surface area contributed by atoms with E-state index in [0.29, 0.717) is 42.1 Å². The number of hydrogen-bond donors (Lipinski definition) is 1. The molecular weight excluding hydrogens is 388 g/mol. The lowest BCUT2D eigenvalue weighted by atomic mass is 10.1. The predicted molar refractivity (Wildman–Crippen MR) is 103 cm³/mol. The fraction of sp³-hybridized carbons (Fsp3) is 0.412. The van der Waals surface area contributed by atoms with Crippen LogP contribution in [0.3, 0.4) is 0 Å². The first kappa shape index (κ1) is 18.1. The highest BCUT2D eigenvalue weighted by molar-refractivity contribution is 8.01. The van der Waals surface area contributed by atoms with Gasteiger partial charge in [0.1, 0.15) is 13.2 Å². The minimum absolute atomic E-state index is 0.0914. The van der Waals surface area contributed by atoms with Crippen LogP contribution in [-0.4, -0.2) is 47.5 Å². The maximum absolute atomic E-state index is 12.5. The molecule has 1 unspecified atom stereocenters. The molecule has 1 aromatic carbocycles. The van der Waals surface area contributed by atoms with E-state index < -0.39 is 5.92 Å². The number of carbonyl (C=O) groups excluding carboxylic acids is 2. The van der Waals surface area contributed by atoms with Gasteiger partial charge in [0.25, 0.3) is 0 Å². The van der Waals surface area contributed by atoms with Gasteiger partial charge < -0.3 is 19.7 Å². The van der Waals surface area contributed by atoms with Gasteiger partial charge >= 0.3 is 0 Å². The summed E-state index contributed by atoms with van der Waals surface area (Å²) in [4.78, 5) is 26.6. The van der Waals surface area contributed by atoms with Crippen LogP contribution >= 0.6 is 23.1 Å². The normalized spacial score (nSPS) is 18.6. The van der Waals surface area contributed by atoms with Crippen molar-refractivity contribution in [1.82, 2.24) is 10.2 Å². The molecule has 4 rings (SSSR count). The van der Waals surface area contributed by atoms with Crippen LogP contribution in [0.2, 0.25) is 0 Å². The highest BCUT2D eigenvalue weighted by Crippen LogP contribution is 2.36. The number of carbonyl (C=O) groups is 2. The third-order valence-corrected chi connectivity index (χ3v) is 6.09. The topological polar surface area (TPSA) is 93.7 Å². The van der Waals surface area contributed by atoms with E-state index in [0.717, 1.165) is 10.1 Å². The molecule has 2 aliphatic rings. The zero-order valence-corrected chi connectivity index (χ0v) is 16.3. The lowest BCUT2D eigenvalue weighted by molar-refractivity contribution is -0.122. The molecule has 2 aromatic rings. The van der Waals surface area contributed by atoms with Crippen molar-refractivity contribution in [2.75, 3.05) is 35.7 Å². The third-order valence-electron chi connectivity index (χ3n) is 4.24. The fourth-order valence-electron chi connectivity index (χ4n) is 2.98. The van der Waals surface area contributed by atoms with Gasteiger partial charge in [0, 0.05) is 24.7 Å². The molecule has 1 atom stereocenters. The molecule has 1 fully saturated rings. The second kappa shape index (κ2) is 7.73. The monoisotopic (exact) mass is 406 g/mol. The summed E-state index contributed by atoms with van der Waals surface area (Å²) >= 11 is 2.91. The summed E-state index contributed by atoms with van der Waals surface area (Å²) in [5.74, 6) is 1.44. The van der Waals surface area contributed by atoms with Crippen molar-refractivity contribution in [3.8, 4) is 11.5 Å². The second-order valence-corrected chi connectivity index (χ2v) is 8.52. The Balaban J connectivity index is 1.43. The predicted octanol–water partition coefficient (Wildman–Crippen LogP) is 2.41. The molecule has 0 aliphatic carbocycles. The minimum Gasteiger partial charge on any atom is -0.486 e. The molecule has 0 radical (unpaired) electrons. The molecule has 2 amide bonds. The summed E-state index contributed by atoms with van der Waals surface area (Å²) in [6.07, 6.45) is 0.162. The Hall–Kier alpha value is -2.33. The van der Waals surface area contributed by atoms with Gasteiger partial charge in [-0.3, -0.25) is 9.59 Å². The number of thioether (sulfide) groups is 1. The maximum atomic E-state index is 12.5. The third kappa shape index (κ3) is 3.86. The average molecular weight is 406 g/mol. The largest absolute Gasteiger partial charge is 0.486 e. The van der Waals surface area contributed by atoms with Crippen molar-refractivity contribution in [2.24, 2.45) is 5.92 Å². The van der Waals surface area contributed by atoms with Crippen molar-refractivity contribution in [3.05, 3.63) is 18.2 Å². The van der Waals surface area contributed by atoms with E-state index in [4.69, 9.17) is 9.47 Å². The summed E-state index contributed by atoms with van der Waals surface area (Å²) in [7, 11) is 0. The Morgan fingerprint density at radius 2 is 2.15 bits per heavy atom. The zero-order valence-electron chi connectivity index (χ0n) is 14.6. The molecule has 2 aliphatic heterocycles. The molecule has 10 heteroatoms. The van der Waals surface area contributed by atoms with E-state index in [1.165, 1.54) is 11.3 Å². The van der Waals surface area contributed by atoms with Crippen LogP contribution in [0.4, 0.5) is 10.8 Å². The quantitative estimate of drug-likeness (QED) is 0.602. The van der Waals surface area contributed by atoms with Crippen molar-refractivity contribution >= 4 is 45.7 Å². The number of ether oxygens (including phenoxy) is 2. The van der Waals surface area contributed by atoms with Crippen molar-refractivity contribution in [1.29, 1.82) is 0 Å². The van der Waals surface area contributed by atoms with E-state index in [1.807, 2.05) is 13.0 Å². The van der Waals surface area contributed by atoms with E-state index in [9.17, 15) is 9.59 Å². The molecule has 1 N–H and O–H groups in total. The highest BCUT2D eigenvalue weighted by atomic mass is 32.2. The minimum atomic E-state index is -0.433. The lowest BCUT2D eigenvalue weighted by Crippen LogP contribution is -2.28. The first-order valence-electron chi connectivity index (χ1n) is 8.61. The average Bonchev–Trinajstić information content (AvgIpc) is 3.28. The molecule has 142 valence electrons. The summed E-state index contributed by atoms with van der Waals surface area (Å²) in [5, 5.41) is 11.2. The van der Waals surface area contributed by atoms with Crippen LogP contribution in [0.15, 0.2) is 22.5 Å². The van der Waals surface area contributed by atoms with Gasteiger partial charge in [-0.1, -0.05) is 30.0 Å². The lowest BCUT2D eigenvalue weighted by Gasteiger charge is -2.22. The molecule has 27 heavy (non-hydrogen) atoms. The number of anilines is 2. The van der Waals surface area contributed by atoms with E-state index >= 15 is 0 Å². The molecule has 1 aromatic heterocycles. The Morgan fingerprint density at radius 1 is 1.33 bits per heavy atom. The number of nitrogens with one attached hydrogen (secondary N) is 1. The van der Waals surface area contributed by atoms with Crippen LogP contribution in [0.25, 0.3) is 0 Å². The number of hydrogen-bond acceptors (Lipinski definition) is 8. The summed E-state index contributed by atoms with van der Waals surface area (Å²) in [6, 6.07) is 5.38. The maximum Gasteiger partial charge on any atom is 0.231 e. The van der Waals surface area contributed by atoms with E-state index in [1.54, 1.807) is 28.8 Å². The molecular formula is C17H18N4O4S2. The van der Waals surface area contributed by atoms with Gasteiger partial charge in [-0.25, -0.2) is 0 Å². The zero-order chi connectivity index (χ0) is 18.8. The summed E-state index contributed by atoms with van der Waals surface area (Å²) < 4.78 is 11.9. The van der Waals surface area contributed by atoms with Crippen LogP contribution < -0.4 is 19.7 Å². The van der Waals surface area contributed by atoms with E-state index in [2.05, 4.69) is 15.5 Å². The Morgan fingerprint density at radius 3 is 2.96 bits per heavy atom. The van der Waals surface area contributed by atoms with Gasteiger partial charge in [-0.05, 0) is 17.9 Å². The molecule has 0 bridgehead atoms. The SMILES string of the molecule is CCSc1nnc(NC(=O)C2CC(=O)N(c3ccc4c(c3)OCCO4)C2)s1. The Bertz CT molecular complexity index is 872. The van der Waals surface area contributed by atoms with Crippen molar-refractivity contribution < 1.29 is 19.1 Å². The van der Waals surface area contributed by atoms with E-state index in [-0.39, 0.29) is 18.2 Å². The molecule has 3 heterocycles. The summed E-state index contributed by atoms with van der Waals surface area (Å²) in [6.45, 7) is 3.34. The first-order valence-corrected chi connectivity index (χ1v) is 10.4. The van der Waals surface area contributed by atoms with Crippen molar-refractivity contribution in [3.63, 3.8) is 0 Å². The Labute approximate surface area is 164 Å². The Kier molecular flexibility index (Phi) is 5.17. The second-order valence-electron chi connectivity index (χ2n) is 6.03. The number of amides is 2. The molecule has 0 saturated carbocycles. The number of nitrogens with zero attached hydrogens (tertiary/aromatic N) is 3. The van der Waals surface area contributed by atoms with Gasteiger partial charge in [0.15, 0.2) is 15.8 Å². The van der Waals surface area contributed by atoms with Gasteiger partial charge in [0.2, 0.25) is 16.9 Å². The van der Waals surface area contributed by atoms with Crippen LogP contribution in [0.5, 0.6) is 11.5 Å². The van der Waals surface area contributed by atoms with Gasteiger partial charge in [0.05, 0.1) is 5.92 Å². The van der Waals surface area contributed by atoms with Gasteiger partial charge in [-0.2, -0.15) is 0 Å². The number of benzene rings is 1. The van der Waals surface area contributed by atoms with Crippen LogP contribution in [0.1, 0.15) is 13.3 Å². The smallest absolute Gasteiger partial charge is 0.231 e.